The van der Waals surface area contributed by atoms with Crippen molar-refractivity contribution < 1.29 is 9.52 Å². The van der Waals surface area contributed by atoms with Gasteiger partial charge in [0.05, 0.1) is 17.1 Å². The molecule has 0 fully saturated rings. The van der Waals surface area contributed by atoms with Crippen molar-refractivity contribution in [2.45, 2.75) is 32.3 Å². The van der Waals surface area contributed by atoms with E-state index in [-0.39, 0.29) is 24.0 Å². The van der Waals surface area contributed by atoms with E-state index in [2.05, 4.69) is 22.5 Å². The number of guanidine groups is 1. The van der Waals surface area contributed by atoms with Crippen molar-refractivity contribution in [1.82, 2.24) is 10.6 Å². The van der Waals surface area contributed by atoms with E-state index < -0.39 is 6.10 Å². The molecule has 2 aromatic heterocycles. The van der Waals surface area contributed by atoms with Gasteiger partial charge in [-0.05, 0) is 30.7 Å². The molecule has 2 heterocycles. The highest BCUT2D eigenvalue weighted by Gasteiger charge is 2.10. The number of hydrogen-bond donors (Lipinski definition) is 3. The van der Waals surface area contributed by atoms with Gasteiger partial charge in [-0.15, -0.1) is 35.3 Å². The van der Waals surface area contributed by atoms with Gasteiger partial charge < -0.3 is 20.2 Å². The number of nitrogens with zero attached hydrogens (tertiary/aromatic N) is 1. The molecule has 0 amide bonds. The zero-order valence-corrected chi connectivity index (χ0v) is 18.1. The van der Waals surface area contributed by atoms with E-state index in [1.54, 1.807) is 12.3 Å². The highest BCUT2D eigenvalue weighted by atomic mass is 127. The minimum Gasteiger partial charge on any atom is -0.469 e. The fourth-order valence-corrected chi connectivity index (χ4v) is 3.13. The van der Waals surface area contributed by atoms with Gasteiger partial charge in [0.15, 0.2) is 5.96 Å². The molecule has 0 aliphatic rings. The van der Waals surface area contributed by atoms with E-state index in [1.807, 2.05) is 18.2 Å². The maximum absolute atomic E-state index is 10.2. The fourth-order valence-electron chi connectivity index (χ4n) is 2.09. The molecule has 1 atom stereocenters. The van der Waals surface area contributed by atoms with Crippen LogP contribution >= 0.6 is 46.9 Å². The number of aliphatic hydroxyl groups excluding tert-OH is 1. The molecular weight excluding hydrogens is 473 g/mol. The number of aliphatic hydroxyl groups is 1. The Morgan fingerprint density at radius 3 is 2.76 bits per heavy atom. The predicted octanol–water partition coefficient (Wildman–Crippen LogP) is 4.22. The maximum Gasteiger partial charge on any atom is 0.191 e. The third-order valence-corrected chi connectivity index (χ3v) is 4.74. The zero-order valence-electron chi connectivity index (χ0n) is 14.2. The Morgan fingerprint density at radius 1 is 1.32 bits per heavy atom. The first-order valence-electron chi connectivity index (χ1n) is 8.17. The average Bonchev–Trinajstić information content (AvgIpc) is 3.23. The number of hydrogen-bond acceptors (Lipinski definition) is 4. The van der Waals surface area contributed by atoms with Crippen molar-refractivity contribution in [2.75, 3.05) is 19.6 Å². The van der Waals surface area contributed by atoms with Crippen molar-refractivity contribution in [3.8, 4) is 0 Å². The fraction of sp³-hybridized carbons (Fsp3) is 0.471. The molecule has 8 heteroatoms. The monoisotopic (exact) mass is 497 g/mol. The smallest absolute Gasteiger partial charge is 0.191 e. The average molecular weight is 498 g/mol. The molecule has 0 bridgehead atoms. The van der Waals surface area contributed by atoms with Crippen LogP contribution in [-0.2, 0) is 6.42 Å². The molecule has 2 rings (SSSR count). The standard InChI is InChI=1S/C17H24ClN3O2S.HI/c1-2-3-9-19-17(20-10-8-13-5-4-11-23-13)21-12-14(22)15-6-7-16(18)24-15;/h4-7,11,14,22H,2-3,8-10,12H2,1H3,(H2,19,20,21);1H. The Hall–Kier alpha value is -0.770. The summed E-state index contributed by atoms with van der Waals surface area (Å²) >= 11 is 7.29. The molecule has 140 valence electrons. The van der Waals surface area contributed by atoms with E-state index in [4.69, 9.17) is 16.0 Å². The number of unbranched alkanes of at least 4 members (excludes halogenated alkanes) is 1. The lowest BCUT2D eigenvalue weighted by atomic mass is 10.3. The van der Waals surface area contributed by atoms with Gasteiger partial charge in [-0.25, -0.2) is 0 Å². The van der Waals surface area contributed by atoms with Gasteiger partial charge in [0.2, 0.25) is 0 Å². The first-order chi connectivity index (χ1) is 11.7. The van der Waals surface area contributed by atoms with Gasteiger partial charge in [-0.1, -0.05) is 24.9 Å². The lowest BCUT2D eigenvalue weighted by Crippen LogP contribution is -2.39. The Bertz CT molecular complexity index is 619. The number of rotatable bonds is 9. The molecule has 25 heavy (non-hydrogen) atoms. The Balaban J connectivity index is 0.00000312. The van der Waals surface area contributed by atoms with Gasteiger partial charge in [0, 0.05) is 24.4 Å². The van der Waals surface area contributed by atoms with Crippen molar-refractivity contribution in [1.29, 1.82) is 0 Å². The van der Waals surface area contributed by atoms with Crippen LogP contribution in [0.3, 0.4) is 0 Å². The van der Waals surface area contributed by atoms with Crippen LogP contribution in [0.2, 0.25) is 4.34 Å². The molecule has 1 unspecified atom stereocenters. The largest absolute Gasteiger partial charge is 0.469 e. The number of aliphatic imine (C=N–C) groups is 1. The predicted molar refractivity (Wildman–Crippen MR) is 115 cm³/mol. The second kappa shape index (κ2) is 12.6. The van der Waals surface area contributed by atoms with Crippen LogP contribution in [0.15, 0.2) is 39.9 Å². The molecule has 0 aliphatic carbocycles. The summed E-state index contributed by atoms with van der Waals surface area (Å²) in [5, 5.41) is 16.8. The Labute approximate surface area is 174 Å². The van der Waals surface area contributed by atoms with Crippen LogP contribution in [0.4, 0.5) is 0 Å². The van der Waals surface area contributed by atoms with Crippen LogP contribution < -0.4 is 10.6 Å². The summed E-state index contributed by atoms with van der Waals surface area (Å²) < 4.78 is 5.99. The summed E-state index contributed by atoms with van der Waals surface area (Å²) in [5.74, 6) is 1.64. The highest BCUT2D eigenvalue weighted by molar-refractivity contribution is 14.0. The van der Waals surface area contributed by atoms with E-state index in [1.165, 1.54) is 11.3 Å². The zero-order chi connectivity index (χ0) is 17.2. The van der Waals surface area contributed by atoms with Crippen LogP contribution in [-0.4, -0.2) is 30.7 Å². The third-order valence-electron chi connectivity index (χ3n) is 3.41. The van der Waals surface area contributed by atoms with Crippen LogP contribution in [0.25, 0.3) is 0 Å². The third kappa shape index (κ3) is 8.44. The normalized spacial score (nSPS) is 12.5. The SMILES string of the molecule is CCCCNC(=NCC(O)c1ccc(Cl)s1)NCCc1ccco1.I. The van der Waals surface area contributed by atoms with Crippen molar-refractivity contribution in [2.24, 2.45) is 4.99 Å². The summed E-state index contributed by atoms with van der Waals surface area (Å²) in [6, 6.07) is 7.46. The number of halogens is 2. The first kappa shape index (κ1) is 22.3. The molecule has 0 spiro atoms. The summed E-state index contributed by atoms with van der Waals surface area (Å²) in [6.07, 6.45) is 4.00. The Morgan fingerprint density at radius 2 is 2.12 bits per heavy atom. The van der Waals surface area contributed by atoms with Gasteiger partial charge in [-0.2, -0.15) is 0 Å². The second-order valence-corrected chi connectivity index (χ2v) is 7.13. The quantitative estimate of drug-likeness (QED) is 0.210. The molecule has 0 aromatic carbocycles. The molecule has 0 aliphatic heterocycles. The minimum atomic E-state index is -0.641. The highest BCUT2D eigenvalue weighted by Crippen LogP contribution is 2.26. The van der Waals surface area contributed by atoms with Gasteiger partial charge >= 0.3 is 0 Å². The minimum absolute atomic E-state index is 0. The molecular formula is C17H25ClIN3O2S. The summed E-state index contributed by atoms with van der Waals surface area (Å²) in [7, 11) is 0. The number of thiophene rings is 1. The van der Waals surface area contributed by atoms with Gasteiger partial charge in [0.25, 0.3) is 0 Å². The summed E-state index contributed by atoms with van der Waals surface area (Å²) in [5.41, 5.74) is 0. The molecule has 5 nitrogen and oxygen atoms in total. The van der Waals surface area contributed by atoms with E-state index in [9.17, 15) is 5.11 Å². The molecule has 0 saturated carbocycles. The van der Waals surface area contributed by atoms with Crippen LogP contribution in [0.5, 0.6) is 0 Å². The second-order valence-electron chi connectivity index (χ2n) is 5.38. The van der Waals surface area contributed by atoms with Crippen molar-refractivity contribution in [3.63, 3.8) is 0 Å². The van der Waals surface area contributed by atoms with Gasteiger partial charge in [0.1, 0.15) is 11.9 Å². The van der Waals surface area contributed by atoms with Crippen LogP contribution in [0.1, 0.15) is 36.5 Å². The molecule has 3 N–H and O–H groups in total. The Kier molecular flexibility index (Phi) is 11.2. The topological polar surface area (TPSA) is 69.8 Å². The summed E-state index contributed by atoms with van der Waals surface area (Å²) in [4.78, 5) is 5.30. The maximum atomic E-state index is 10.2. The molecule has 0 saturated heterocycles. The summed E-state index contributed by atoms with van der Waals surface area (Å²) in [6.45, 7) is 4.00. The number of nitrogens with one attached hydrogen (secondary N) is 2. The van der Waals surface area contributed by atoms with E-state index in [0.717, 1.165) is 36.4 Å². The molecule has 2 aromatic rings. The lowest BCUT2D eigenvalue weighted by Gasteiger charge is -2.13. The molecule has 0 radical (unpaired) electrons. The van der Waals surface area contributed by atoms with Crippen LogP contribution in [0, 0.1) is 0 Å². The van der Waals surface area contributed by atoms with Crippen molar-refractivity contribution in [3.05, 3.63) is 45.5 Å². The first-order valence-corrected chi connectivity index (χ1v) is 9.36. The van der Waals surface area contributed by atoms with Crippen molar-refractivity contribution >= 4 is 52.9 Å². The number of furan rings is 1. The van der Waals surface area contributed by atoms with Gasteiger partial charge in [-0.3, -0.25) is 4.99 Å². The lowest BCUT2D eigenvalue weighted by molar-refractivity contribution is 0.191. The van der Waals surface area contributed by atoms with E-state index in [0.29, 0.717) is 23.4 Å². The van der Waals surface area contributed by atoms with E-state index >= 15 is 0 Å².